The van der Waals surface area contributed by atoms with Crippen molar-refractivity contribution in [3.63, 3.8) is 0 Å². The van der Waals surface area contributed by atoms with Crippen LogP contribution >= 0.6 is 11.6 Å². The average Bonchev–Trinajstić information content (AvgIpc) is 2.93. The molecule has 1 aliphatic rings. The van der Waals surface area contributed by atoms with Gasteiger partial charge in [-0.1, -0.05) is 17.7 Å². The van der Waals surface area contributed by atoms with Gasteiger partial charge in [-0.15, -0.1) is 15.0 Å². The SMILES string of the molecule is CN1CCOCC1(C)c1nnn(-c2cccc(Cl)c2)n1. The third-order valence-electron chi connectivity index (χ3n) is 3.73. The summed E-state index contributed by atoms with van der Waals surface area (Å²) in [5, 5.41) is 13.4. The van der Waals surface area contributed by atoms with Crippen molar-refractivity contribution in [2.45, 2.75) is 12.5 Å². The molecule has 106 valence electrons. The highest BCUT2D eigenvalue weighted by atomic mass is 35.5. The molecule has 1 aromatic heterocycles. The molecule has 3 rings (SSSR count). The molecule has 1 aromatic carbocycles. The van der Waals surface area contributed by atoms with Gasteiger partial charge in [-0.05, 0) is 37.4 Å². The van der Waals surface area contributed by atoms with E-state index in [1.165, 1.54) is 4.80 Å². The lowest BCUT2D eigenvalue weighted by Gasteiger charge is -2.39. The Hall–Kier alpha value is -1.50. The molecule has 2 aromatic rings. The molecular formula is C13H16ClN5O. The molecule has 1 saturated heterocycles. The smallest absolute Gasteiger partial charge is 0.197 e. The van der Waals surface area contributed by atoms with E-state index in [-0.39, 0.29) is 5.54 Å². The van der Waals surface area contributed by atoms with Gasteiger partial charge in [-0.3, -0.25) is 4.90 Å². The molecule has 0 bridgehead atoms. The van der Waals surface area contributed by atoms with Gasteiger partial charge in [-0.25, -0.2) is 0 Å². The van der Waals surface area contributed by atoms with Crippen molar-refractivity contribution in [1.82, 2.24) is 25.1 Å². The van der Waals surface area contributed by atoms with Crippen LogP contribution in [-0.2, 0) is 10.3 Å². The molecule has 0 amide bonds. The van der Waals surface area contributed by atoms with Gasteiger partial charge in [0.25, 0.3) is 0 Å². The summed E-state index contributed by atoms with van der Waals surface area (Å²) in [6.45, 7) is 4.20. The first-order valence-electron chi connectivity index (χ1n) is 6.45. The summed E-state index contributed by atoms with van der Waals surface area (Å²) in [6.07, 6.45) is 0. The van der Waals surface area contributed by atoms with E-state index >= 15 is 0 Å². The van der Waals surface area contributed by atoms with E-state index in [1.54, 1.807) is 6.07 Å². The summed E-state index contributed by atoms with van der Waals surface area (Å²) >= 11 is 5.98. The highest BCUT2D eigenvalue weighted by molar-refractivity contribution is 6.30. The van der Waals surface area contributed by atoms with Gasteiger partial charge in [0.2, 0.25) is 0 Å². The number of aromatic nitrogens is 4. The monoisotopic (exact) mass is 293 g/mol. The molecule has 20 heavy (non-hydrogen) atoms. The van der Waals surface area contributed by atoms with E-state index in [1.807, 2.05) is 25.2 Å². The molecule has 2 heterocycles. The highest BCUT2D eigenvalue weighted by Gasteiger charge is 2.38. The van der Waals surface area contributed by atoms with Gasteiger partial charge in [0.1, 0.15) is 5.54 Å². The Balaban J connectivity index is 1.94. The predicted octanol–water partition coefficient (Wildman–Crippen LogP) is 1.49. The zero-order valence-electron chi connectivity index (χ0n) is 11.5. The van der Waals surface area contributed by atoms with Crippen molar-refractivity contribution in [2.75, 3.05) is 26.8 Å². The number of morpholine rings is 1. The van der Waals surface area contributed by atoms with E-state index in [0.29, 0.717) is 17.5 Å². The molecule has 1 atom stereocenters. The van der Waals surface area contributed by atoms with E-state index < -0.39 is 0 Å². The Morgan fingerprint density at radius 3 is 3.00 bits per heavy atom. The first-order chi connectivity index (χ1) is 9.59. The fourth-order valence-corrected chi connectivity index (χ4v) is 2.39. The second-order valence-electron chi connectivity index (χ2n) is 5.13. The maximum atomic E-state index is 5.98. The number of likely N-dealkylation sites (N-methyl/N-ethyl adjacent to an activating group) is 1. The topological polar surface area (TPSA) is 56.1 Å². The van der Waals surface area contributed by atoms with Crippen LogP contribution in [0, 0.1) is 0 Å². The molecule has 6 nitrogen and oxygen atoms in total. The number of benzene rings is 1. The van der Waals surface area contributed by atoms with Crippen molar-refractivity contribution >= 4 is 11.6 Å². The Morgan fingerprint density at radius 1 is 1.40 bits per heavy atom. The number of halogens is 1. The Labute approximate surface area is 122 Å². The summed E-state index contributed by atoms with van der Waals surface area (Å²) in [6, 6.07) is 7.36. The first kappa shape index (κ1) is 13.5. The van der Waals surface area contributed by atoms with Gasteiger partial charge in [0, 0.05) is 11.6 Å². The zero-order valence-corrected chi connectivity index (χ0v) is 12.2. The summed E-state index contributed by atoms with van der Waals surface area (Å²) in [5.41, 5.74) is 0.439. The van der Waals surface area contributed by atoms with Crippen LogP contribution in [-0.4, -0.2) is 51.9 Å². The molecule has 0 N–H and O–H groups in total. The Bertz CT molecular complexity index is 616. The molecule has 1 fully saturated rings. The molecular weight excluding hydrogens is 278 g/mol. The number of ether oxygens (including phenoxy) is 1. The summed E-state index contributed by atoms with van der Waals surface area (Å²) in [7, 11) is 2.04. The molecule has 1 unspecified atom stereocenters. The molecule has 0 saturated carbocycles. The lowest BCUT2D eigenvalue weighted by molar-refractivity contribution is -0.0543. The largest absolute Gasteiger partial charge is 0.378 e. The lowest BCUT2D eigenvalue weighted by atomic mass is 10.00. The molecule has 1 aliphatic heterocycles. The molecule has 0 spiro atoms. The minimum atomic E-state index is -0.352. The highest BCUT2D eigenvalue weighted by Crippen LogP contribution is 2.27. The third-order valence-corrected chi connectivity index (χ3v) is 3.97. The minimum absolute atomic E-state index is 0.352. The van der Waals surface area contributed by atoms with Crippen LogP contribution in [0.5, 0.6) is 0 Å². The van der Waals surface area contributed by atoms with Gasteiger partial charge >= 0.3 is 0 Å². The van der Waals surface area contributed by atoms with Crippen molar-refractivity contribution in [1.29, 1.82) is 0 Å². The number of rotatable bonds is 2. The zero-order chi connectivity index (χ0) is 14.2. The fourth-order valence-electron chi connectivity index (χ4n) is 2.20. The lowest BCUT2D eigenvalue weighted by Crippen LogP contribution is -2.51. The summed E-state index contributed by atoms with van der Waals surface area (Å²) in [4.78, 5) is 3.69. The van der Waals surface area contributed by atoms with Crippen LogP contribution < -0.4 is 0 Å². The van der Waals surface area contributed by atoms with Crippen LogP contribution in [0.2, 0.25) is 5.02 Å². The maximum Gasteiger partial charge on any atom is 0.197 e. The third kappa shape index (κ3) is 2.30. The summed E-state index contributed by atoms with van der Waals surface area (Å²) < 4.78 is 5.56. The average molecular weight is 294 g/mol. The summed E-state index contributed by atoms with van der Waals surface area (Å²) in [5.74, 6) is 0.652. The van der Waals surface area contributed by atoms with Crippen LogP contribution in [0.1, 0.15) is 12.7 Å². The molecule has 0 radical (unpaired) electrons. The van der Waals surface area contributed by atoms with Crippen molar-refractivity contribution in [2.24, 2.45) is 0 Å². The van der Waals surface area contributed by atoms with Crippen LogP contribution in [0.4, 0.5) is 0 Å². The number of tetrazole rings is 1. The van der Waals surface area contributed by atoms with Crippen molar-refractivity contribution in [3.05, 3.63) is 35.1 Å². The molecule has 7 heteroatoms. The maximum absolute atomic E-state index is 5.98. The minimum Gasteiger partial charge on any atom is -0.378 e. The Kier molecular flexibility index (Phi) is 3.45. The normalized spacial score (nSPS) is 23.9. The van der Waals surface area contributed by atoms with E-state index in [0.717, 1.165) is 18.8 Å². The number of hydrogen-bond acceptors (Lipinski definition) is 5. The van der Waals surface area contributed by atoms with E-state index in [2.05, 4.69) is 27.2 Å². The second-order valence-corrected chi connectivity index (χ2v) is 5.57. The van der Waals surface area contributed by atoms with Crippen LogP contribution in [0.3, 0.4) is 0 Å². The van der Waals surface area contributed by atoms with E-state index in [9.17, 15) is 0 Å². The van der Waals surface area contributed by atoms with Crippen molar-refractivity contribution < 1.29 is 4.74 Å². The fraction of sp³-hybridized carbons (Fsp3) is 0.462. The van der Waals surface area contributed by atoms with Gasteiger partial charge in [0.05, 0.1) is 18.9 Å². The Morgan fingerprint density at radius 2 is 2.25 bits per heavy atom. The first-order valence-corrected chi connectivity index (χ1v) is 6.83. The standard InChI is InChI=1S/C13H16ClN5O/c1-13(9-20-7-6-18(13)2)12-15-17-19(16-12)11-5-3-4-10(14)8-11/h3-5,8H,6-7,9H2,1-2H3. The quantitative estimate of drug-likeness (QED) is 0.840. The predicted molar refractivity (Wildman–Crippen MR) is 75.0 cm³/mol. The van der Waals surface area contributed by atoms with Gasteiger partial charge in [0.15, 0.2) is 5.82 Å². The van der Waals surface area contributed by atoms with Crippen molar-refractivity contribution in [3.8, 4) is 5.69 Å². The van der Waals surface area contributed by atoms with Gasteiger partial charge < -0.3 is 4.74 Å². The van der Waals surface area contributed by atoms with Crippen LogP contribution in [0.15, 0.2) is 24.3 Å². The van der Waals surface area contributed by atoms with Gasteiger partial charge in [-0.2, -0.15) is 0 Å². The number of hydrogen-bond donors (Lipinski definition) is 0. The van der Waals surface area contributed by atoms with Crippen LogP contribution in [0.25, 0.3) is 5.69 Å². The van der Waals surface area contributed by atoms with E-state index in [4.69, 9.17) is 16.3 Å². The molecule has 0 aliphatic carbocycles. The number of nitrogens with zero attached hydrogens (tertiary/aromatic N) is 5. The second kappa shape index (κ2) is 5.12.